The Kier molecular flexibility index (Phi) is 5.08. The van der Waals surface area contributed by atoms with Gasteiger partial charge in [-0.05, 0) is 31.9 Å². The first-order valence-electron chi connectivity index (χ1n) is 8.53. The number of carbonyl (C=O) groups is 1. The predicted molar refractivity (Wildman–Crippen MR) is 90.4 cm³/mol. The van der Waals surface area contributed by atoms with Crippen molar-refractivity contribution in [2.45, 2.75) is 26.4 Å². The molecule has 2 N–H and O–H groups in total. The second kappa shape index (κ2) is 7.09. The van der Waals surface area contributed by atoms with Crippen LogP contribution in [0.15, 0.2) is 18.2 Å². The number of benzene rings is 1. The third-order valence-electron chi connectivity index (χ3n) is 4.55. The zero-order chi connectivity index (χ0) is 17.2. The van der Waals surface area contributed by atoms with E-state index in [9.17, 15) is 9.90 Å². The van der Waals surface area contributed by atoms with Gasteiger partial charge in [-0.15, -0.1) is 0 Å². The molecule has 1 aromatic carbocycles. The minimum Gasteiger partial charge on any atom is -0.491 e. The predicted octanol–water partition coefficient (Wildman–Crippen LogP) is 0.819. The molecule has 0 aliphatic carbocycles. The van der Waals surface area contributed by atoms with E-state index in [2.05, 4.69) is 10.2 Å². The van der Waals surface area contributed by atoms with E-state index in [1.165, 1.54) is 0 Å². The summed E-state index contributed by atoms with van der Waals surface area (Å²) in [5, 5.41) is 13.4. The van der Waals surface area contributed by atoms with Gasteiger partial charge in [0.1, 0.15) is 24.2 Å². The van der Waals surface area contributed by atoms with Crippen LogP contribution >= 0.6 is 0 Å². The van der Waals surface area contributed by atoms with Gasteiger partial charge in [0, 0.05) is 38.8 Å². The number of piperazine rings is 1. The Balaban J connectivity index is 1.54. The molecule has 2 heterocycles. The van der Waals surface area contributed by atoms with Crippen molar-refractivity contribution in [3.05, 3.63) is 23.8 Å². The lowest BCUT2D eigenvalue weighted by Gasteiger charge is -2.30. The van der Waals surface area contributed by atoms with Crippen LogP contribution in [0.4, 0.5) is 0 Å². The Bertz CT molecular complexity index is 597. The largest absolute Gasteiger partial charge is 0.491 e. The van der Waals surface area contributed by atoms with Crippen LogP contribution in [0.2, 0.25) is 0 Å². The molecule has 6 heteroatoms. The molecule has 1 aromatic rings. The maximum atomic E-state index is 12.0. The number of nitrogens with zero attached hydrogens (tertiary/aromatic N) is 1. The fraction of sp³-hybridized carbons (Fsp3) is 0.611. The smallest absolute Gasteiger partial charge is 0.317 e. The summed E-state index contributed by atoms with van der Waals surface area (Å²) in [7, 11) is 0. The number of esters is 1. The van der Waals surface area contributed by atoms with Crippen molar-refractivity contribution >= 4 is 5.97 Å². The molecule has 132 valence electrons. The van der Waals surface area contributed by atoms with Crippen LogP contribution in [0.25, 0.3) is 0 Å². The lowest BCUT2D eigenvalue weighted by atomic mass is 9.83. The molecule has 0 spiro atoms. The Morgan fingerprint density at radius 2 is 2.12 bits per heavy atom. The van der Waals surface area contributed by atoms with Gasteiger partial charge in [0.25, 0.3) is 0 Å². The van der Waals surface area contributed by atoms with Crippen LogP contribution in [0.1, 0.15) is 19.4 Å². The highest BCUT2D eigenvalue weighted by molar-refractivity contribution is 5.81. The summed E-state index contributed by atoms with van der Waals surface area (Å²) in [6.07, 6.45) is 0.119. The lowest BCUT2D eigenvalue weighted by molar-refractivity contribution is -0.145. The average molecular weight is 334 g/mol. The highest BCUT2D eigenvalue weighted by Gasteiger charge is 2.35. The van der Waals surface area contributed by atoms with Crippen molar-refractivity contribution in [2.24, 2.45) is 5.41 Å². The van der Waals surface area contributed by atoms with Crippen molar-refractivity contribution < 1.29 is 19.4 Å². The molecule has 24 heavy (non-hydrogen) atoms. The number of carbonyl (C=O) groups excluding carboxylic acids is 1. The molecule has 6 nitrogen and oxygen atoms in total. The van der Waals surface area contributed by atoms with Gasteiger partial charge in [0.05, 0.1) is 5.41 Å². The number of nitrogens with one attached hydrogen (secondary N) is 1. The van der Waals surface area contributed by atoms with Crippen molar-refractivity contribution in [1.82, 2.24) is 10.2 Å². The van der Waals surface area contributed by atoms with E-state index in [0.29, 0.717) is 24.5 Å². The summed E-state index contributed by atoms with van der Waals surface area (Å²) in [5.41, 5.74) is 0.516. The summed E-state index contributed by atoms with van der Waals surface area (Å²) in [6, 6.07) is 5.53. The molecule has 1 fully saturated rings. The maximum absolute atomic E-state index is 12.0. The number of aliphatic hydroxyl groups is 1. The summed E-state index contributed by atoms with van der Waals surface area (Å²) in [6.45, 7) is 8.41. The number of ether oxygens (including phenoxy) is 2. The van der Waals surface area contributed by atoms with Crippen molar-refractivity contribution in [3.8, 4) is 11.5 Å². The quantitative estimate of drug-likeness (QED) is 0.614. The van der Waals surface area contributed by atoms with E-state index in [0.717, 1.165) is 31.7 Å². The number of hydrogen-bond donors (Lipinski definition) is 2. The normalized spacial score (nSPS) is 21.7. The van der Waals surface area contributed by atoms with Crippen LogP contribution in [0, 0.1) is 5.41 Å². The molecule has 1 saturated heterocycles. The van der Waals surface area contributed by atoms with E-state index >= 15 is 0 Å². The van der Waals surface area contributed by atoms with Gasteiger partial charge in [-0.3, -0.25) is 9.69 Å². The molecule has 1 unspecified atom stereocenters. The zero-order valence-corrected chi connectivity index (χ0v) is 14.4. The number of rotatable bonds is 5. The van der Waals surface area contributed by atoms with Crippen LogP contribution in [0.3, 0.4) is 0 Å². The number of hydrogen-bond acceptors (Lipinski definition) is 6. The maximum Gasteiger partial charge on any atom is 0.317 e. The fourth-order valence-corrected chi connectivity index (χ4v) is 3.09. The Morgan fingerprint density at radius 1 is 1.38 bits per heavy atom. The van der Waals surface area contributed by atoms with E-state index in [-0.39, 0.29) is 12.6 Å². The van der Waals surface area contributed by atoms with Crippen LogP contribution in [-0.2, 0) is 11.2 Å². The number of aliphatic hydroxyl groups excluding tert-OH is 1. The first kappa shape index (κ1) is 17.2. The minimum atomic E-state index is -0.541. The molecular formula is C18H26N2O4. The average Bonchev–Trinajstić information content (AvgIpc) is 2.55. The second-order valence-electron chi connectivity index (χ2n) is 7.24. The van der Waals surface area contributed by atoms with Gasteiger partial charge in [-0.25, -0.2) is 0 Å². The standard InChI is InChI=1S/C18H26N2O4/c1-18(2)10-13-3-4-15(9-16(13)24-17(18)22)23-12-14(21)11-20-7-5-19-6-8-20/h3-4,9,14,19,21H,5-8,10-12H2,1-2H3. The molecule has 0 radical (unpaired) electrons. The number of β-amino-alcohol motifs (C(OH)–C–C–N with tert-alkyl or cyclic N) is 1. The van der Waals surface area contributed by atoms with Gasteiger partial charge < -0.3 is 19.9 Å². The van der Waals surface area contributed by atoms with Gasteiger partial charge in [-0.2, -0.15) is 0 Å². The Hall–Kier alpha value is -1.63. The van der Waals surface area contributed by atoms with Crippen LogP contribution in [0.5, 0.6) is 11.5 Å². The topological polar surface area (TPSA) is 71.0 Å². The van der Waals surface area contributed by atoms with Crippen LogP contribution < -0.4 is 14.8 Å². The van der Waals surface area contributed by atoms with E-state index in [1.54, 1.807) is 6.07 Å². The Labute approximate surface area is 142 Å². The summed E-state index contributed by atoms with van der Waals surface area (Å²) in [5.74, 6) is 0.958. The minimum absolute atomic E-state index is 0.217. The molecule has 1 atom stereocenters. The van der Waals surface area contributed by atoms with Crippen molar-refractivity contribution in [3.63, 3.8) is 0 Å². The lowest BCUT2D eigenvalue weighted by Crippen LogP contribution is -2.47. The SMILES string of the molecule is CC1(C)Cc2ccc(OCC(O)CN3CCNCC3)cc2OC1=O. The summed E-state index contributed by atoms with van der Waals surface area (Å²) in [4.78, 5) is 14.2. The highest BCUT2D eigenvalue weighted by Crippen LogP contribution is 2.36. The monoisotopic (exact) mass is 334 g/mol. The molecule has 0 amide bonds. The molecule has 0 saturated carbocycles. The second-order valence-corrected chi connectivity index (χ2v) is 7.24. The molecule has 2 aliphatic rings. The first-order valence-corrected chi connectivity index (χ1v) is 8.53. The Morgan fingerprint density at radius 3 is 2.88 bits per heavy atom. The fourth-order valence-electron chi connectivity index (χ4n) is 3.09. The molecule has 2 aliphatic heterocycles. The van der Waals surface area contributed by atoms with Crippen molar-refractivity contribution in [2.75, 3.05) is 39.3 Å². The van der Waals surface area contributed by atoms with E-state index in [4.69, 9.17) is 9.47 Å². The highest BCUT2D eigenvalue weighted by atomic mass is 16.5. The van der Waals surface area contributed by atoms with Gasteiger partial charge in [0.2, 0.25) is 0 Å². The molecular weight excluding hydrogens is 308 g/mol. The van der Waals surface area contributed by atoms with Gasteiger partial charge in [0.15, 0.2) is 0 Å². The van der Waals surface area contributed by atoms with Crippen LogP contribution in [-0.4, -0.2) is 61.4 Å². The third kappa shape index (κ3) is 4.06. The molecule has 3 rings (SSSR count). The molecule has 0 bridgehead atoms. The zero-order valence-electron chi connectivity index (χ0n) is 14.4. The third-order valence-corrected chi connectivity index (χ3v) is 4.55. The summed E-state index contributed by atoms with van der Waals surface area (Å²) >= 11 is 0. The van der Waals surface area contributed by atoms with E-state index in [1.807, 2.05) is 26.0 Å². The van der Waals surface area contributed by atoms with Gasteiger partial charge >= 0.3 is 5.97 Å². The van der Waals surface area contributed by atoms with Gasteiger partial charge in [-0.1, -0.05) is 6.07 Å². The molecule has 0 aromatic heterocycles. The van der Waals surface area contributed by atoms with Crippen molar-refractivity contribution in [1.29, 1.82) is 0 Å². The number of fused-ring (bicyclic) bond motifs is 1. The van der Waals surface area contributed by atoms with E-state index < -0.39 is 11.5 Å². The first-order chi connectivity index (χ1) is 11.4. The summed E-state index contributed by atoms with van der Waals surface area (Å²) < 4.78 is 11.1.